The van der Waals surface area contributed by atoms with E-state index in [1.54, 1.807) is 5.01 Å². The molecule has 3 N–H and O–H groups in total. The number of fused-ring (bicyclic) bond motifs is 6. The number of rotatable bonds is 8. The molecule has 222 valence electrons. The van der Waals surface area contributed by atoms with Crippen molar-refractivity contribution in [2.75, 3.05) is 0 Å². The van der Waals surface area contributed by atoms with Gasteiger partial charge in [0.1, 0.15) is 11.2 Å². The van der Waals surface area contributed by atoms with Crippen molar-refractivity contribution >= 4 is 43.7 Å². The van der Waals surface area contributed by atoms with Crippen LogP contribution in [0, 0.1) is 11.3 Å². The summed E-state index contributed by atoms with van der Waals surface area (Å²) in [6, 6.07) is 49.9. The van der Waals surface area contributed by atoms with E-state index < -0.39 is 0 Å². The fourth-order valence-corrected chi connectivity index (χ4v) is 6.53. The molecule has 0 fully saturated rings. The molecular weight excluding hydrogens is 566 g/mol. The Morgan fingerprint density at radius 3 is 2.26 bits per heavy atom. The molecule has 0 aliphatic rings. The minimum Gasteiger partial charge on any atom is -0.456 e. The van der Waals surface area contributed by atoms with E-state index in [0.717, 1.165) is 60.7 Å². The van der Waals surface area contributed by atoms with Crippen molar-refractivity contribution in [2.24, 2.45) is 5.84 Å². The van der Waals surface area contributed by atoms with Gasteiger partial charge in [-0.1, -0.05) is 91.0 Å². The van der Waals surface area contributed by atoms with E-state index in [1.807, 2.05) is 54.6 Å². The Hall–Kier alpha value is -5.71. The summed E-state index contributed by atoms with van der Waals surface area (Å²) in [7, 11) is 0. The molecule has 46 heavy (non-hydrogen) atoms. The first-order chi connectivity index (χ1) is 22.7. The smallest absolute Gasteiger partial charge is 0.136 e. The van der Waals surface area contributed by atoms with Crippen molar-refractivity contribution in [1.29, 1.82) is 5.26 Å². The maximum Gasteiger partial charge on any atom is 0.136 e. The number of hydrogen-bond donors (Lipinski definition) is 2. The summed E-state index contributed by atoms with van der Waals surface area (Å²) < 4.78 is 8.56. The first-order valence-electron chi connectivity index (χ1n) is 15.4. The van der Waals surface area contributed by atoms with E-state index in [-0.39, 0.29) is 6.17 Å². The van der Waals surface area contributed by atoms with Crippen molar-refractivity contribution in [3.63, 3.8) is 0 Å². The van der Waals surface area contributed by atoms with E-state index >= 15 is 0 Å². The standard InChI is InChI=1S/C40H31N5O/c41-24-29-11-8-12-30(21-29)40(43-25-27-9-2-1-3-10-27)44(42)26-28-17-19-31(20-18-28)45-36-15-6-4-13-32(36)34-23-39-35(22-37(34)45)33-14-5-7-16-38(33)46-39/h1-23,40,43H,25-26,42H2. The lowest BCUT2D eigenvalue weighted by atomic mass is 10.1. The summed E-state index contributed by atoms with van der Waals surface area (Å²) in [6.07, 6.45) is -0.294. The van der Waals surface area contributed by atoms with Crippen molar-refractivity contribution in [3.8, 4) is 11.8 Å². The SMILES string of the molecule is N#Cc1cccc(C(NCc2ccccc2)N(N)Cc2ccc(-n3c4ccccc4c4cc5oc6ccccc6c5cc43)cc2)c1. The van der Waals surface area contributed by atoms with Crippen molar-refractivity contribution in [1.82, 2.24) is 14.9 Å². The van der Waals surface area contributed by atoms with Gasteiger partial charge in [-0.3, -0.25) is 11.2 Å². The minimum absolute atomic E-state index is 0.294. The van der Waals surface area contributed by atoms with Crippen LogP contribution in [0.15, 0.2) is 144 Å². The highest BCUT2D eigenvalue weighted by molar-refractivity contribution is 6.17. The Kier molecular flexibility index (Phi) is 7.05. The summed E-state index contributed by atoms with van der Waals surface area (Å²) in [6.45, 7) is 1.15. The van der Waals surface area contributed by atoms with E-state index in [4.69, 9.17) is 10.3 Å². The molecule has 6 heteroatoms. The molecule has 8 rings (SSSR count). The first-order valence-corrected chi connectivity index (χ1v) is 15.4. The van der Waals surface area contributed by atoms with Crippen LogP contribution in [0.25, 0.3) is 49.4 Å². The molecule has 8 aromatic rings. The molecule has 2 heterocycles. The van der Waals surface area contributed by atoms with E-state index in [1.165, 1.54) is 5.39 Å². The zero-order valence-electron chi connectivity index (χ0n) is 25.1. The molecule has 0 spiro atoms. The largest absolute Gasteiger partial charge is 0.456 e. The summed E-state index contributed by atoms with van der Waals surface area (Å²) in [5.41, 5.74) is 8.93. The van der Waals surface area contributed by atoms with Crippen LogP contribution in [0.5, 0.6) is 0 Å². The van der Waals surface area contributed by atoms with Gasteiger partial charge in [0.05, 0.1) is 28.8 Å². The van der Waals surface area contributed by atoms with E-state index in [2.05, 4.69) is 101 Å². The Morgan fingerprint density at radius 2 is 1.43 bits per heavy atom. The van der Waals surface area contributed by atoms with Gasteiger partial charge in [0.25, 0.3) is 0 Å². The third kappa shape index (κ3) is 4.99. The quantitative estimate of drug-likeness (QED) is 0.104. The molecule has 1 unspecified atom stereocenters. The van der Waals surface area contributed by atoms with Gasteiger partial charge in [0.2, 0.25) is 0 Å². The third-order valence-corrected chi connectivity index (χ3v) is 8.74. The van der Waals surface area contributed by atoms with Gasteiger partial charge in [-0.25, -0.2) is 5.01 Å². The topological polar surface area (TPSA) is 83.1 Å². The zero-order chi connectivity index (χ0) is 31.0. The second-order valence-electron chi connectivity index (χ2n) is 11.7. The highest BCUT2D eigenvalue weighted by Gasteiger charge is 2.20. The predicted octanol–water partition coefficient (Wildman–Crippen LogP) is 8.72. The van der Waals surface area contributed by atoms with Crippen LogP contribution in [0.3, 0.4) is 0 Å². The number of hydrogen-bond acceptors (Lipinski definition) is 5. The number of hydrazine groups is 1. The lowest BCUT2D eigenvalue weighted by molar-refractivity contribution is 0.158. The molecular formula is C40H31N5O. The number of aromatic nitrogens is 1. The Balaban J connectivity index is 1.13. The predicted molar refractivity (Wildman–Crippen MR) is 185 cm³/mol. The van der Waals surface area contributed by atoms with Crippen LogP contribution in [0.1, 0.15) is 28.4 Å². The molecule has 6 nitrogen and oxygen atoms in total. The van der Waals surface area contributed by atoms with Crippen LogP contribution in [0.4, 0.5) is 0 Å². The molecule has 0 saturated heterocycles. The summed E-state index contributed by atoms with van der Waals surface area (Å²) in [5, 5.41) is 19.5. The second kappa shape index (κ2) is 11.7. The van der Waals surface area contributed by atoms with Crippen molar-refractivity contribution in [3.05, 3.63) is 162 Å². The molecule has 0 amide bonds. The fraction of sp³-hybridized carbons (Fsp3) is 0.0750. The van der Waals surface area contributed by atoms with Crippen LogP contribution < -0.4 is 11.2 Å². The highest BCUT2D eigenvalue weighted by atomic mass is 16.3. The number of nitrogens with one attached hydrogen (secondary N) is 1. The fourth-order valence-electron chi connectivity index (χ4n) is 6.53. The number of furan rings is 1. The van der Waals surface area contributed by atoms with Crippen LogP contribution in [-0.2, 0) is 13.1 Å². The summed E-state index contributed by atoms with van der Waals surface area (Å²) in [5.74, 6) is 6.78. The van der Waals surface area contributed by atoms with Gasteiger partial charge in [-0.15, -0.1) is 0 Å². The Bertz CT molecular complexity index is 2380. The first kappa shape index (κ1) is 27.8. The van der Waals surface area contributed by atoms with Crippen molar-refractivity contribution in [2.45, 2.75) is 19.3 Å². The molecule has 6 aromatic carbocycles. The monoisotopic (exact) mass is 597 g/mol. The lowest BCUT2D eigenvalue weighted by Gasteiger charge is -2.29. The normalized spacial score (nSPS) is 12.4. The van der Waals surface area contributed by atoms with Gasteiger partial charge in [0, 0.05) is 40.3 Å². The van der Waals surface area contributed by atoms with Crippen LogP contribution in [-0.4, -0.2) is 9.58 Å². The van der Waals surface area contributed by atoms with Gasteiger partial charge in [-0.2, -0.15) is 5.26 Å². The van der Waals surface area contributed by atoms with Crippen molar-refractivity contribution < 1.29 is 4.42 Å². The Morgan fingerprint density at radius 1 is 0.674 bits per heavy atom. The number of para-hydroxylation sites is 2. The molecule has 2 aromatic heterocycles. The van der Waals surface area contributed by atoms with E-state index in [0.29, 0.717) is 18.7 Å². The van der Waals surface area contributed by atoms with Gasteiger partial charge in [-0.05, 0) is 65.2 Å². The molecule has 0 aliphatic carbocycles. The maximum absolute atomic E-state index is 9.53. The van der Waals surface area contributed by atoms with Crippen LogP contribution in [0.2, 0.25) is 0 Å². The number of nitrogens with zero attached hydrogens (tertiary/aromatic N) is 3. The summed E-state index contributed by atoms with van der Waals surface area (Å²) in [4.78, 5) is 0. The number of nitriles is 1. The van der Waals surface area contributed by atoms with Gasteiger partial charge in [0.15, 0.2) is 0 Å². The highest BCUT2D eigenvalue weighted by Crippen LogP contribution is 2.38. The second-order valence-corrected chi connectivity index (χ2v) is 11.7. The molecule has 0 radical (unpaired) electrons. The molecule has 0 aliphatic heterocycles. The van der Waals surface area contributed by atoms with Gasteiger partial charge >= 0.3 is 0 Å². The molecule has 0 saturated carbocycles. The van der Waals surface area contributed by atoms with E-state index in [9.17, 15) is 5.26 Å². The van der Waals surface area contributed by atoms with Gasteiger partial charge < -0.3 is 8.98 Å². The maximum atomic E-state index is 9.53. The molecule has 0 bridgehead atoms. The third-order valence-electron chi connectivity index (χ3n) is 8.74. The number of benzene rings is 6. The Labute approximate surface area is 266 Å². The average molecular weight is 598 g/mol. The minimum atomic E-state index is -0.294. The lowest BCUT2D eigenvalue weighted by Crippen LogP contribution is -2.42. The summed E-state index contributed by atoms with van der Waals surface area (Å²) >= 11 is 0. The zero-order valence-corrected chi connectivity index (χ0v) is 25.1. The average Bonchev–Trinajstić information content (AvgIpc) is 3.63. The number of nitrogens with two attached hydrogens (primary N) is 1. The van der Waals surface area contributed by atoms with Crippen LogP contribution >= 0.6 is 0 Å². The molecule has 1 atom stereocenters.